The number of halogens is 1. The summed E-state index contributed by atoms with van der Waals surface area (Å²) in [5, 5.41) is 3.70. The van der Waals surface area contributed by atoms with E-state index in [-0.39, 0.29) is 35.5 Å². The Hall–Kier alpha value is -4.54. The zero-order valence-electron chi connectivity index (χ0n) is 27.8. The zero-order chi connectivity index (χ0) is 34.8. The summed E-state index contributed by atoms with van der Waals surface area (Å²) >= 11 is 6.36. The molecule has 9 nitrogen and oxygen atoms in total. The van der Waals surface area contributed by atoms with Crippen LogP contribution in [0.1, 0.15) is 43.2 Å². The molecule has 0 spiro atoms. The van der Waals surface area contributed by atoms with E-state index in [9.17, 15) is 18.0 Å². The highest BCUT2D eigenvalue weighted by Gasteiger charge is 2.35. The van der Waals surface area contributed by atoms with E-state index in [4.69, 9.17) is 21.1 Å². The quantitative estimate of drug-likeness (QED) is 0.158. The van der Waals surface area contributed by atoms with Gasteiger partial charge in [-0.1, -0.05) is 91.5 Å². The molecule has 0 bridgehead atoms. The molecular formula is C38H42ClN3O6S. The van der Waals surface area contributed by atoms with Crippen molar-refractivity contribution < 1.29 is 27.5 Å². The lowest BCUT2D eigenvalue weighted by Gasteiger charge is -2.35. The summed E-state index contributed by atoms with van der Waals surface area (Å²) in [6, 6.07) is 28.3. The molecule has 4 aromatic rings. The van der Waals surface area contributed by atoms with E-state index in [1.165, 1.54) is 37.3 Å². The Kier molecular flexibility index (Phi) is 12.2. The van der Waals surface area contributed by atoms with Crippen molar-refractivity contribution >= 4 is 39.1 Å². The van der Waals surface area contributed by atoms with Gasteiger partial charge in [0, 0.05) is 30.1 Å². The van der Waals surface area contributed by atoms with Gasteiger partial charge in [0.15, 0.2) is 11.5 Å². The molecule has 1 aliphatic rings. The van der Waals surface area contributed by atoms with E-state index in [0.717, 1.165) is 42.0 Å². The van der Waals surface area contributed by atoms with E-state index >= 15 is 0 Å². The van der Waals surface area contributed by atoms with Gasteiger partial charge in [0.2, 0.25) is 11.8 Å². The number of hydrogen-bond acceptors (Lipinski definition) is 6. The summed E-state index contributed by atoms with van der Waals surface area (Å²) in [4.78, 5) is 30.5. The summed E-state index contributed by atoms with van der Waals surface area (Å²) in [7, 11) is -1.33. The Bertz CT molecular complexity index is 1820. The lowest BCUT2D eigenvalue weighted by molar-refractivity contribution is -0.140. The van der Waals surface area contributed by atoms with Gasteiger partial charge in [-0.2, -0.15) is 0 Å². The number of nitrogens with one attached hydrogen (secondary N) is 1. The molecule has 11 heteroatoms. The number of benzene rings is 4. The van der Waals surface area contributed by atoms with Crippen LogP contribution in [0.5, 0.6) is 11.5 Å². The molecule has 0 aliphatic heterocycles. The molecule has 1 aliphatic carbocycles. The van der Waals surface area contributed by atoms with Crippen molar-refractivity contribution in [2.75, 3.05) is 25.1 Å². The van der Waals surface area contributed by atoms with Crippen molar-refractivity contribution in [3.05, 3.63) is 119 Å². The van der Waals surface area contributed by atoms with E-state index in [1.807, 2.05) is 36.4 Å². The lowest BCUT2D eigenvalue weighted by atomic mass is 9.94. The monoisotopic (exact) mass is 703 g/mol. The number of hydrogen-bond donors (Lipinski definition) is 1. The largest absolute Gasteiger partial charge is 0.493 e. The van der Waals surface area contributed by atoms with Crippen LogP contribution in [0.25, 0.3) is 0 Å². The third-order valence-electron chi connectivity index (χ3n) is 8.73. The third kappa shape index (κ3) is 9.13. The molecule has 0 radical (unpaired) electrons. The zero-order valence-corrected chi connectivity index (χ0v) is 29.3. The highest BCUT2D eigenvalue weighted by Crippen LogP contribution is 2.34. The number of ether oxygens (including phenoxy) is 2. The molecule has 0 heterocycles. The van der Waals surface area contributed by atoms with E-state index in [1.54, 1.807) is 48.5 Å². The first-order chi connectivity index (χ1) is 23.7. The molecule has 258 valence electrons. The van der Waals surface area contributed by atoms with Gasteiger partial charge in [0.05, 0.1) is 24.8 Å². The molecule has 1 N–H and O–H groups in total. The summed E-state index contributed by atoms with van der Waals surface area (Å²) in [5.74, 6) is -0.145. The van der Waals surface area contributed by atoms with Gasteiger partial charge in [-0.3, -0.25) is 13.9 Å². The fourth-order valence-corrected chi connectivity index (χ4v) is 7.80. The Balaban J connectivity index is 1.59. The topological polar surface area (TPSA) is 105 Å². The van der Waals surface area contributed by atoms with Gasteiger partial charge < -0.3 is 19.7 Å². The first kappa shape index (κ1) is 35.8. The molecule has 1 atom stereocenters. The van der Waals surface area contributed by atoms with Gasteiger partial charge >= 0.3 is 0 Å². The van der Waals surface area contributed by atoms with Gasteiger partial charge in [-0.15, -0.1) is 0 Å². The number of carbonyl (C=O) groups is 2. The predicted octanol–water partition coefficient (Wildman–Crippen LogP) is 6.64. The van der Waals surface area contributed by atoms with Crippen molar-refractivity contribution in [1.29, 1.82) is 0 Å². The van der Waals surface area contributed by atoms with Gasteiger partial charge in [0.25, 0.3) is 10.0 Å². The Morgan fingerprint density at radius 2 is 1.47 bits per heavy atom. The molecule has 5 rings (SSSR count). The Morgan fingerprint density at radius 1 is 0.816 bits per heavy atom. The van der Waals surface area contributed by atoms with Crippen molar-refractivity contribution in [3.63, 3.8) is 0 Å². The van der Waals surface area contributed by atoms with Crippen molar-refractivity contribution in [2.24, 2.45) is 0 Å². The standard InChI is InChI=1S/C38H42ClN3O6S/c1-47-35-22-21-32(25-36(35)48-2)42(49(45,46)33-19-10-5-11-20-33)27-37(43)41(26-29-15-12-16-30(39)23-29)34(24-28-13-6-3-7-14-28)38(44)40-31-17-8-4-9-18-31/h3,5-7,10-16,19-23,25,31,34H,4,8-9,17-18,24,26-27H2,1-2H3,(H,40,44)/t34-/m0/s1. The van der Waals surface area contributed by atoms with E-state index < -0.39 is 28.5 Å². The number of carbonyl (C=O) groups excluding carboxylic acids is 2. The molecule has 49 heavy (non-hydrogen) atoms. The first-order valence-corrected chi connectivity index (χ1v) is 18.2. The number of sulfonamides is 1. The molecule has 0 aromatic heterocycles. The SMILES string of the molecule is COc1ccc(N(CC(=O)N(Cc2cccc(Cl)c2)[C@@H](Cc2ccccc2)C(=O)NC2CCCCC2)S(=O)(=O)c2ccccc2)cc1OC. The van der Waals surface area contributed by atoms with Crippen molar-refractivity contribution in [2.45, 2.75) is 62.0 Å². The minimum Gasteiger partial charge on any atom is -0.493 e. The van der Waals surface area contributed by atoms with Crippen LogP contribution >= 0.6 is 11.6 Å². The lowest BCUT2D eigenvalue weighted by Crippen LogP contribution is -2.55. The van der Waals surface area contributed by atoms with Crippen LogP contribution < -0.4 is 19.1 Å². The molecular weight excluding hydrogens is 662 g/mol. The first-order valence-electron chi connectivity index (χ1n) is 16.4. The number of rotatable bonds is 14. The van der Waals surface area contributed by atoms with Crippen molar-refractivity contribution in [1.82, 2.24) is 10.2 Å². The Labute approximate surface area is 293 Å². The van der Waals surface area contributed by atoms with Crippen molar-refractivity contribution in [3.8, 4) is 11.5 Å². The number of methoxy groups -OCH3 is 2. The molecule has 0 unspecified atom stereocenters. The average molecular weight is 704 g/mol. The van der Waals surface area contributed by atoms with Crippen LogP contribution in [-0.4, -0.2) is 58.0 Å². The highest BCUT2D eigenvalue weighted by molar-refractivity contribution is 7.92. The second kappa shape index (κ2) is 16.7. The van der Waals surface area contributed by atoms with Gasteiger partial charge in [-0.25, -0.2) is 8.42 Å². The number of anilines is 1. The molecule has 4 aromatic carbocycles. The maximum absolute atomic E-state index is 14.8. The smallest absolute Gasteiger partial charge is 0.264 e. The summed E-state index contributed by atoms with van der Waals surface area (Å²) in [5.41, 5.74) is 1.76. The fourth-order valence-electron chi connectivity index (χ4n) is 6.16. The second-order valence-electron chi connectivity index (χ2n) is 12.1. The van der Waals surface area contributed by atoms with Crippen LogP contribution in [0, 0.1) is 0 Å². The fraction of sp³-hybridized carbons (Fsp3) is 0.316. The minimum absolute atomic E-state index is 0.00404. The molecule has 1 fully saturated rings. The number of amides is 2. The maximum Gasteiger partial charge on any atom is 0.264 e. The van der Waals surface area contributed by atoms with E-state index in [0.29, 0.717) is 22.1 Å². The summed E-state index contributed by atoms with van der Waals surface area (Å²) in [6.45, 7) is -0.560. The predicted molar refractivity (Wildman–Crippen MR) is 191 cm³/mol. The van der Waals surface area contributed by atoms with Gasteiger partial charge in [-0.05, 0) is 60.4 Å². The third-order valence-corrected chi connectivity index (χ3v) is 10.8. The van der Waals surface area contributed by atoms with E-state index in [2.05, 4.69) is 5.32 Å². The minimum atomic E-state index is -4.27. The average Bonchev–Trinajstić information content (AvgIpc) is 3.12. The van der Waals surface area contributed by atoms with Crippen LogP contribution in [0.2, 0.25) is 5.02 Å². The molecule has 0 saturated heterocycles. The summed E-state index contributed by atoms with van der Waals surface area (Å²) in [6.07, 6.45) is 5.14. The maximum atomic E-state index is 14.8. The van der Waals surface area contributed by atoms with Crippen LogP contribution in [0.15, 0.2) is 108 Å². The normalized spacial score (nSPS) is 14.0. The Morgan fingerprint density at radius 3 is 2.12 bits per heavy atom. The van der Waals surface area contributed by atoms with Crippen LogP contribution in [-0.2, 0) is 32.6 Å². The van der Waals surface area contributed by atoms with Crippen LogP contribution in [0.4, 0.5) is 5.69 Å². The highest BCUT2D eigenvalue weighted by atomic mass is 35.5. The van der Waals surface area contributed by atoms with Gasteiger partial charge in [0.1, 0.15) is 12.6 Å². The summed E-state index contributed by atoms with van der Waals surface area (Å²) < 4.78 is 40.5. The second-order valence-corrected chi connectivity index (χ2v) is 14.4. The molecule has 1 saturated carbocycles. The molecule has 2 amide bonds. The number of nitrogens with zero attached hydrogens (tertiary/aromatic N) is 2. The van der Waals surface area contributed by atoms with Crippen LogP contribution in [0.3, 0.4) is 0 Å².